The third-order valence-electron chi connectivity index (χ3n) is 8.29. The van der Waals surface area contributed by atoms with Crippen LogP contribution in [-0.2, 0) is 10.3 Å². The lowest BCUT2D eigenvalue weighted by Crippen LogP contribution is -2.37. The van der Waals surface area contributed by atoms with E-state index in [9.17, 15) is 0 Å². The summed E-state index contributed by atoms with van der Waals surface area (Å²) in [6, 6.07) is 32.6. The van der Waals surface area contributed by atoms with E-state index in [4.69, 9.17) is 4.74 Å². The zero-order valence-electron chi connectivity index (χ0n) is 24.4. The van der Waals surface area contributed by atoms with Gasteiger partial charge in [0, 0.05) is 0 Å². The van der Waals surface area contributed by atoms with Crippen LogP contribution in [0.25, 0.3) is 0 Å². The minimum absolute atomic E-state index is 0.0621. The summed E-state index contributed by atoms with van der Waals surface area (Å²) in [6.45, 7) is 9.40. The van der Waals surface area contributed by atoms with Crippen molar-refractivity contribution in [3.05, 3.63) is 119 Å². The highest BCUT2D eigenvalue weighted by Gasteiger charge is 2.39. The van der Waals surface area contributed by atoms with Gasteiger partial charge in [0.25, 0.3) is 0 Å². The van der Waals surface area contributed by atoms with Gasteiger partial charge in [0.2, 0.25) is 0 Å². The molecule has 3 rings (SSSR count). The number of hydrogen-bond donors (Lipinski definition) is 0. The van der Waals surface area contributed by atoms with Crippen molar-refractivity contribution in [2.24, 2.45) is 0 Å². The highest BCUT2D eigenvalue weighted by atomic mass is 27.2. The third kappa shape index (κ3) is 7.96. The molecule has 1 nitrogen and oxygen atoms in total. The smallest absolute Gasteiger partial charge is 0.159 e. The maximum Gasteiger partial charge on any atom is 0.159 e. The van der Waals surface area contributed by atoms with Gasteiger partial charge in [0.1, 0.15) is 5.60 Å². The molecule has 0 radical (unpaired) electrons. The van der Waals surface area contributed by atoms with E-state index in [2.05, 4.69) is 130 Å². The summed E-state index contributed by atoms with van der Waals surface area (Å²) >= 11 is -1.83. The van der Waals surface area contributed by atoms with Crippen molar-refractivity contribution in [1.82, 2.24) is 0 Å². The quantitative estimate of drug-likeness (QED) is 0.0967. The fourth-order valence-electron chi connectivity index (χ4n) is 6.55. The summed E-state index contributed by atoms with van der Waals surface area (Å²) in [4.78, 5) is 2.73. The molecular weight excluding hydrogens is 475 g/mol. The maximum absolute atomic E-state index is 7.51. The van der Waals surface area contributed by atoms with Crippen LogP contribution in [0.1, 0.15) is 89.3 Å². The number of ether oxygens (including phenoxy) is 1. The Labute approximate surface area is 236 Å². The van der Waals surface area contributed by atoms with E-state index in [1.54, 1.807) is 0 Å². The van der Waals surface area contributed by atoms with Gasteiger partial charge in [-0.1, -0.05) is 157 Å². The average Bonchev–Trinajstić information content (AvgIpc) is 2.96. The molecule has 0 fully saturated rings. The second-order valence-corrected chi connectivity index (χ2v) is 16.5. The normalized spacial score (nSPS) is 13.2. The van der Waals surface area contributed by atoms with Gasteiger partial charge in [-0.3, -0.25) is 4.94 Å². The molecule has 38 heavy (non-hydrogen) atoms. The molecule has 0 spiro atoms. The van der Waals surface area contributed by atoms with Gasteiger partial charge in [-0.25, -0.2) is 0 Å². The van der Waals surface area contributed by atoms with Crippen LogP contribution in [0.5, 0.6) is 0 Å². The predicted molar refractivity (Wildman–Crippen MR) is 168 cm³/mol. The standard InChI is InChI=1S/C27H29O.3C3H7.Al/c1-3-5-9-22-26(4-2)28-27(23-16-10-6-11-17-23,24-18-12-7-13-19-24)25-20-14-8-15-21-25;3*1-3-2;/h2,4,6-8,10-21,26H,3,5,9,22H2,1H3;3*1,3H2,2H3;/q;;;;-1. The van der Waals surface area contributed by atoms with Crippen molar-refractivity contribution in [3.63, 3.8) is 0 Å². The minimum atomic E-state index is -1.83. The molecule has 0 aromatic heterocycles. The molecule has 0 heterocycles. The molecule has 1 unspecified atom stereocenters. The Morgan fingerprint density at radius 3 is 1.39 bits per heavy atom. The second kappa shape index (κ2) is 16.1. The molecule has 0 saturated heterocycles. The molecule has 2 heteroatoms. The van der Waals surface area contributed by atoms with Crippen LogP contribution < -0.4 is 0 Å². The van der Waals surface area contributed by atoms with E-state index in [0.29, 0.717) is 0 Å². The van der Waals surface area contributed by atoms with Crippen LogP contribution in [0.4, 0.5) is 0 Å². The van der Waals surface area contributed by atoms with Gasteiger partial charge >= 0.3 is 0 Å². The monoisotopic (exact) mass is 525 g/mol. The third-order valence-corrected chi connectivity index (χ3v) is 14.5. The van der Waals surface area contributed by atoms with Crippen molar-refractivity contribution in [2.45, 2.75) is 100 Å². The summed E-state index contributed by atoms with van der Waals surface area (Å²) in [5.41, 5.74) is 2.90. The van der Waals surface area contributed by atoms with Crippen LogP contribution >= 0.6 is 0 Å². The molecule has 0 bridgehead atoms. The second-order valence-electron chi connectivity index (χ2n) is 11.3. The lowest BCUT2D eigenvalue weighted by atomic mass is 9.79. The van der Waals surface area contributed by atoms with Crippen molar-refractivity contribution in [1.29, 1.82) is 0 Å². The Morgan fingerprint density at radius 1 is 0.605 bits per heavy atom. The largest absolute Gasteiger partial charge is 0.354 e. The van der Waals surface area contributed by atoms with Gasteiger partial charge < -0.3 is 4.74 Å². The number of hydrogen-bond acceptors (Lipinski definition) is 1. The Kier molecular flexibility index (Phi) is 12.9. The topological polar surface area (TPSA) is 9.23 Å². The molecule has 0 amide bonds. The minimum Gasteiger partial charge on any atom is -0.354 e. The Bertz CT molecular complexity index is 931. The molecular formula is C36H50AlO-. The van der Waals surface area contributed by atoms with Crippen molar-refractivity contribution >= 4 is 13.1 Å². The first-order chi connectivity index (χ1) is 18.6. The zero-order chi connectivity index (χ0) is 27.1. The molecule has 1 atom stereocenters. The van der Waals surface area contributed by atoms with Crippen LogP contribution in [-0.4, -0.2) is 19.2 Å². The number of rotatable bonds is 17. The summed E-state index contributed by atoms with van der Waals surface area (Å²) in [6.07, 6.45) is 11.2. The summed E-state index contributed by atoms with van der Waals surface area (Å²) in [7, 11) is 0. The van der Waals surface area contributed by atoms with E-state index in [0.717, 1.165) is 6.42 Å². The first-order valence-electron chi connectivity index (χ1n) is 15.4. The summed E-state index contributed by atoms with van der Waals surface area (Å²) in [5, 5.41) is 4.23. The fourth-order valence-corrected chi connectivity index (χ4v) is 12.2. The first-order valence-corrected chi connectivity index (χ1v) is 18.5. The predicted octanol–water partition coefficient (Wildman–Crippen LogP) is 10.7. The van der Waals surface area contributed by atoms with E-state index in [1.807, 2.05) is 0 Å². The molecule has 0 aliphatic carbocycles. The summed E-state index contributed by atoms with van der Waals surface area (Å²) < 4.78 is 7.51. The van der Waals surface area contributed by atoms with E-state index >= 15 is 0 Å². The van der Waals surface area contributed by atoms with Gasteiger partial charge in [-0.15, -0.1) is 6.08 Å². The summed E-state index contributed by atoms with van der Waals surface area (Å²) in [5.74, 6) is 0. The maximum atomic E-state index is 7.51. The lowest BCUT2D eigenvalue weighted by Gasteiger charge is -2.39. The Hall–Kier alpha value is -2.11. The number of unbranched alkanes of at least 4 members (excludes halogenated alkanes) is 2. The zero-order valence-corrected chi connectivity index (χ0v) is 25.6. The first kappa shape index (κ1) is 30.4. The highest BCUT2D eigenvalue weighted by molar-refractivity contribution is 6.84. The van der Waals surface area contributed by atoms with Gasteiger partial charge in [-0.2, -0.15) is 15.8 Å². The van der Waals surface area contributed by atoms with Crippen LogP contribution in [0.2, 0.25) is 15.8 Å². The van der Waals surface area contributed by atoms with Gasteiger partial charge in [0.15, 0.2) is 13.1 Å². The van der Waals surface area contributed by atoms with Crippen molar-refractivity contribution in [2.75, 3.05) is 0 Å². The molecule has 0 N–H and O–H groups in total. The number of benzene rings is 3. The van der Waals surface area contributed by atoms with E-state index in [-0.39, 0.29) is 6.10 Å². The lowest BCUT2D eigenvalue weighted by molar-refractivity contribution is -0.0285. The molecule has 0 aliphatic rings. The molecule has 3 aromatic carbocycles. The molecule has 0 aliphatic heterocycles. The Morgan fingerprint density at radius 2 is 1.03 bits per heavy atom. The van der Waals surface area contributed by atoms with Crippen molar-refractivity contribution < 1.29 is 4.74 Å². The fraction of sp³-hybridized carbons (Fsp3) is 0.444. The van der Waals surface area contributed by atoms with Crippen LogP contribution in [0.15, 0.2) is 102 Å². The molecule has 0 saturated carbocycles. The van der Waals surface area contributed by atoms with Crippen LogP contribution in [0, 0.1) is 0 Å². The van der Waals surface area contributed by atoms with E-state index in [1.165, 1.54) is 71.1 Å². The van der Waals surface area contributed by atoms with Crippen molar-refractivity contribution in [3.8, 4) is 0 Å². The Balaban J connectivity index is 2.16. The highest BCUT2D eigenvalue weighted by Crippen LogP contribution is 2.42. The molecule has 204 valence electrons. The van der Waals surface area contributed by atoms with E-state index < -0.39 is 18.7 Å². The average molecular weight is 526 g/mol. The molecule has 3 aromatic rings. The van der Waals surface area contributed by atoms with Crippen LogP contribution in [0.3, 0.4) is 0 Å². The van der Waals surface area contributed by atoms with Gasteiger partial charge in [0.05, 0.1) is 6.10 Å². The van der Waals surface area contributed by atoms with Gasteiger partial charge in [-0.05, 0) is 23.1 Å². The SMILES string of the molecule is CCCCCC(/C=[CH]/[Al-]([CH2]CC)([CH2]CC)[CH2]CC)OC(c1ccccc1)(c1ccccc1)c1ccccc1.